The third-order valence-corrected chi connectivity index (χ3v) is 6.11. The number of ether oxygens (including phenoxy) is 1. The summed E-state index contributed by atoms with van der Waals surface area (Å²) in [5, 5.41) is 12.9. The summed E-state index contributed by atoms with van der Waals surface area (Å²) in [7, 11) is 0. The lowest BCUT2D eigenvalue weighted by molar-refractivity contribution is -0.0553. The van der Waals surface area contributed by atoms with E-state index in [4.69, 9.17) is 9.84 Å². The Morgan fingerprint density at radius 3 is 2.86 bits per heavy atom. The van der Waals surface area contributed by atoms with Crippen LogP contribution in [0.2, 0.25) is 0 Å². The van der Waals surface area contributed by atoms with Gasteiger partial charge in [-0.1, -0.05) is 6.42 Å². The molecule has 4 aromatic rings. The van der Waals surface area contributed by atoms with Gasteiger partial charge in [-0.15, -0.1) is 0 Å². The van der Waals surface area contributed by atoms with E-state index in [1.807, 2.05) is 6.07 Å². The van der Waals surface area contributed by atoms with Crippen molar-refractivity contribution >= 4 is 11.0 Å². The van der Waals surface area contributed by atoms with Crippen LogP contribution in [0.1, 0.15) is 25.0 Å². The first-order chi connectivity index (χ1) is 14.3. The Bertz CT molecular complexity index is 1190. The van der Waals surface area contributed by atoms with Crippen LogP contribution in [-0.4, -0.2) is 36.0 Å². The normalized spacial score (nSPS) is 19.3. The van der Waals surface area contributed by atoms with E-state index in [0.717, 1.165) is 34.4 Å². The average Bonchev–Trinajstić information content (AvgIpc) is 3.31. The van der Waals surface area contributed by atoms with E-state index in [0.29, 0.717) is 23.9 Å². The van der Waals surface area contributed by atoms with Gasteiger partial charge in [0.15, 0.2) is 5.65 Å². The largest absolute Gasteiger partial charge is 0.370 e. The summed E-state index contributed by atoms with van der Waals surface area (Å²) in [4.78, 5) is 8.65. The molecule has 0 aromatic carbocycles. The van der Waals surface area contributed by atoms with Gasteiger partial charge in [-0.2, -0.15) is 10.2 Å². The van der Waals surface area contributed by atoms with Crippen LogP contribution in [0.4, 0.5) is 4.39 Å². The highest BCUT2D eigenvalue weighted by molar-refractivity contribution is 5.97. The summed E-state index contributed by atoms with van der Waals surface area (Å²) in [5.41, 5.74) is 5.00. The zero-order valence-corrected chi connectivity index (χ0v) is 15.7. The Labute approximate surface area is 165 Å². The van der Waals surface area contributed by atoms with E-state index >= 15 is 0 Å². The minimum Gasteiger partial charge on any atom is -0.370 e. The molecule has 29 heavy (non-hydrogen) atoms. The maximum absolute atomic E-state index is 13.5. The molecule has 0 spiro atoms. The van der Waals surface area contributed by atoms with Gasteiger partial charge in [-0.25, -0.2) is 9.37 Å². The molecule has 1 aliphatic heterocycles. The van der Waals surface area contributed by atoms with Crippen molar-refractivity contribution in [2.75, 3.05) is 0 Å². The number of fused-ring (bicyclic) bond motifs is 2. The van der Waals surface area contributed by atoms with Gasteiger partial charge in [0, 0.05) is 22.7 Å². The molecule has 1 N–H and O–H groups in total. The lowest BCUT2D eigenvalue weighted by Crippen LogP contribution is -2.37. The molecule has 0 bridgehead atoms. The van der Waals surface area contributed by atoms with Crippen molar-refractivity contribution < 1.29 is 9.13 Å². The second-order valence-electron chi connectivity index (χ2n) is 7.75. The quantitative estimate of drug-likeness (QED) is 0.577. The molecule has 2 aliphatic rings. The van der Waals surface area contributed by atoms with E-state index < -0.39 is 0 Å². The van der Waals surface area contributed by atoms with E-state index in [9.17, 15) is 4.39 Å². The molecule has 0 saturated heterocycles. The predicted octanol–water partition coefficient (Wildman–Crippen LogP) is 3.72. The number of aromatic nitrogens is 6. The van der Waals surface area contributed by atoms with Crippen LogP contribution in [0.25, 0.3) is 33.5 Å². The van der Waals surface area contributed by atoms with E-state index in [2.05, 4.69) is 24.8 Å². The second-order valence-corrected chi connectivity index (χ2v) is 7.75. The lowest BCUT2D eigenvalue weighted by Gasteiger charge is -2.36. The van der Waals surface area contributed by atoms with Gasteiger partial charge < -0.3 is 4.74 Å². The zero-order chi connectivity index (χ0) is 19.4. The number of pyridine rings is 2. The molecule has 1 atom stereocenters. The summed E-state index contributed by atoms with van der Waals surface area (Å²) >= 11 is 0. The highest BCUT2D eigenvalue weighted by Crippen LogP contribution is 2.41. The maximum atomic E-state index is 13.5. The molecule has 8 heteroatoms. The van der Waals surface area contributed by atoms with Gasteiger partial charge in [0.25, 0.3) is 0 Å². The average molecular weight is 390 g/mol. The maximum Gasteiger partial charge on any atom is 0.155 e. The summed E-state index contributed by atoms with van der Waals surface area (Å²) < 4.78 is 21.8. The standard InChI is InChI=1S/C21H19FN6O/c22-13-4-5-16(24-8-13)20-19(14-6-7-23-21-15(14)9-25-26-21)17-11-29-18(10-28(17)27-20)12-2-1-3-12/h4-9,12,18H,1-3,10-11H2,(H,23,25,26)/t18-/m0/s1. The van der Waals surface area contributed by atoms with Crippen LogP contribution in [-0.2, 0) is 17.9 Å². The molecular weight excluding hydrogens is 371 g/mol. The first kappa shape index (κ1) is 16.8. The Kier molecular flexibility index (Phi) is 3.73. The Morgan fingerprint density at radius 1 is 1.14 bits per heavy atom. The van der Waals surface area contributed by atoms with E-state index in [1.165, 1.54) is 31.5 Å². The third kappa shape index (κ3) is 2.66. The van der Waals surface area contributed by atoms with Crippen molar-refractivity contribution in [1.82, 2.24) is 29.9 Å². The number of rotatable bonds is 3. The molecule has 6 rings (SSSR count). The van der Waals surface area contributed by atoms with Crippen molar-refractivity contribution in [3.63, 3.8) is 0 Å². The minimum absolute atomic E-state index is 0.199. The fourth-order valence-corrected chi connectivity index (χ4v) is 4.35. The first-order valence-corrected chi connectivity index (χ1v) is 9.89. The van der Waals surface area contributed by atoms with E-state index in [-0.39, 0.29) is 11.9 Å². The predicted molar refractivity (Wildman–Crippen MR) is 104 cm³/mol. The highest BCUT2D eigenvalue weighted by atomic mass is 19.1. The van der Waals surface area contributed by atoms with Crippen molar-refractivity contribution in [2.24, 2.45) is 5.92 Å². The molecule has 7 nitrogen and oxygen atoms in total. The number of hydrogen-bond acceptors (Lipinski definition) is 5. The zero-order valence-electron chi connectivity index (χ0n) is 15.7. The van der Waals surface area contributed by atoms with Crippen molar-refractivity contribution in [2.45, 2.75) is 38.5 Å². The molecule has 146 valence electrons. The molecular formula is C21H19FN6O. The van der Waals surface area contributed by atoms with Crippen LogP contribution < -0.4 is 0 Å². The Morgan fingerprint density at radius 2 is 2.07 bits per heavy atom. The van der Waals surface area contributed by atoms with Crippen LogP contribution in [0.3, 0.4) is 0 Å². The molecule has 0 unspecified atom stereocenters. The van der Waals surface area contributed by atoms with Gasteiger partial charge in [0.2, 0.25) is 0 Å². The van der Waals surface area contributed by atoms with Gasteiger partial charge in [0.1, 0.15) is 11.5 Å². The highest BCUT2D eigenvalue weighted by Gasteiger charge is 2.34. The van der Waals surface area contributed by atoms with E-state index in [1.54, 1.807) is 18.5 Å². The summed E-state index contributed by atoms with van der Waals surface area (Å²) in [6, 6.07) is 5.05. The number of hydrogen-bond donors (Lipinski definition) is 1. The van der Waals surface area contributed by atoms with Crippen molar-refractivity contribution in [3.05, 3.63) is 48.3 Å². The first-order valence-electron chi connectivity index (χ1n) is 9.89. The minimum atomic E-state index is -0.367. The van der Waals surface area contributed by atoms with Crippen LogP contribution >= 0.6 is 0 Å². The summed E-state index contributed by atoms with van der Waals surface area (Å²) in [6.07, 6.45) is 8.67. The molecule has 1 saturated carbocycles. The van der Waals surface area contributed by atoms with Crippen molar-refractivity contribution in [1.29, 1.82) is 0 Å². The van der Waals surface area contributed by atoms with Crippen LogP contribution in [0.5, 0.6) is 0 Å². The number of halogens is 1. The third-order valence-electron chi connectivity index (χ3n) is 6.11. The molecule has 1 aliphatic carbocycles. The number of nitrogens with one attached hydrogen (secondary N) is 1. The Balaban J connectivity index is 1.54. The van der Waals surface area contributed by atoms with Gasteiger partial charge in [-0.05, 0) is 37.0 Å². The fraction of sp³-hybridized carbons (Fsp3) is 0.333. The molecule has 0 radical (unpaired) electrons. The summed E-state index contributed by atoms with van der Waals surface area (Å²) in [5.74, 6) is 0.249. The Hall–Kier alpha value is -3.13. The van der Waals surface area contributed by atoms with Crippen LogP contribution in [0, 0.1) is 11.7 Å². The number of nitrogens with zero attached hydrogens (tertiary/aromatic N) is 5. The van der Waals surface area contributed by atoms with Gasteiger partial charge in [0.05, 0.1) is 43.0 Å². The summed E-state index contributed by atoms with van der Waals surface area (Å²) in [6.45, 7) is 1.22. The van der Waals surface area contributed by atoms with Gasteiger partial charge in [-0.3, -0.25) is 14.8 Å². The second kappa shape index (κ2) is 6.45. The topological polar surface area (TPSA) is 81.5 Å². The number of H-pyrrole nitrogens is 1. The molecule has 5 heterocycles. The van der Waals surface area contributed by atoms with Crippen molar-refractivity contribution in [3.8, 4) is 22.5 Å². The fourth-order valence-electron chi connectivity index (χ4n) is 4.35. The van der Waals surface area contributed by atoms with Gasteiger partial charge >= 0.3 is 0 Å². The smallest absolute Gasteiger partial charge is 0.155 e. The lowest BCUT2D eigenvalue weighted by atomic mass is 9.80. The number of aromatic amines is 1. The molecule has 0 amide bonds. The molecule has 4 aromatic heterocycles. The monoisotopic (exact) mass is 390 g/mol. The molecule has 1 fully saturated rings. The van der Waals surface area contributed by atoms with Crippen LogP contribution in [0.15, 0.2) is 36.8 Å². The SMILES string of the molecule is Fc1ccc(-c2nn3c(c2-c2ccnc4[nH]ncc24)CO[C@H](C2CCC2)C3)nc1.